The van der Waals surface area contributed by atoms with Crippen LogP contribution in [0.5, 0.6) is 0 Å². The number of nitrogens with zero attached hydrogens (tertiary/aromatic N) is 3. The van der Waals surface area contributed by atoms with E-state index in [9.17, 15) is 16.8 Å². The van der Waals surface area contributed by atoms with Gasteiger partial charge in [-0.15, -0.1) is 0 Å². The van der Waals surface area contributed by atoms with Crippen molar-refractivity contribution >= 4 is 19.9 Å². The van der Waals surface area contributed by atoms with Gasteiger partial charge >= 0.3 is 0 Å². The molecule has 1 atom stereocenters. The Bertz CT molecular complexity index is 963. The summed E-state index contributed by atoms with van der Waals surface area (Å²) < 4.78 is 53.7. The minimum Gasteiger partial charge on any atom is -0.275 e. The van der Waals surface area contributed by atoms with Crippen LogP contribution in [0.25, 0.3) is 0 Å². The van der Waals surface area contributed by atoms with Crippen molar-refractivity contribution in [3.63, 3.8) is 0 Å². The van der Waals surface area contributed by atoms with Crippen LogP contribution in [0.4, 0.5) is 0 Å². The number of benzene rings is 1. The summed E-state index contributed by atoms with van der Waals surface area (Å²) in [5, 5.41) is 4.07. The van der Waals surface area contributed by atoms with E-state index >= 15 is 0 Å². The molecule has 3 rings (SSSR count). The first-order valence-corrected chi connectivity index (χ1v) is 11.2. The third-order valence-electron chi connectivity index (χ3n) is 4.33. The predicted octanol–water partition coefficient (Wildman–Crippen LogP) is 1.28. The van der Waals surface area contributed by atoms with E-state index in [2.05, 4.69) is 5.10 Å². The van der Waals surface area contributed by atoms with Gasteiger partial charge in [0.25, 0.3) is 0 Å². The molecule has 9 heteroatoms. The summed E-state index contributed by atoms with van der Waals surface area (Å²) in [4.78, 5) is 0.172. The molecule has 0 spiro atoms. The Morgan fingerprint density at radius 2 is 1.88 bits per heavy atom. The van der Waals surface area contributed by atoms with Crippen LogP contribution >= 0.6 is 0 Å². The van der Waals surface area contributed by atoms with Gasteiger partial charge < -0.3 is 0 Å². The van der Waals surface area contributed by atoms with Crippen molar-refractivity contribution in [2.24, 2.45) is 7.05 Å². The largest absolute Gasteiger partial charge is 0.275 e. The molecule has 0 saturated carbocycles. The molecule has 7 nitrogen and oxygen atoms in total. The Labute approximate surface area is 148 Å². The van der Waals surface area contributed by atoms with Crippen LogP contribution < -0.4 is 0 Å². The zero-order valence-corrected chi connectivity index (χ0v) is 15.8. The van der Waals surface area contributed by atoms with Crippen molar-refractivity contribution in [1.82, 2.24) is 14.1 Å². The Balaban J connectivity index is 2.08. The maximum Gasteiger partial charge on any atom is 0.243 e. The van der Waals surface area contributed by atoms with Crippen molar-refractivity contribution in [1.29, 1.82) is 0 Å². The molecule has 2 aromatic rings. The molecular weight excluding hydrogens is 362 g/mol. The van der Waals surface area contributed by atoms with Crippen molar-refractivity contribution in [2.75, 3.05) is 18.1 Å². The molecule has 1 fully saturated rings. The van der Waals surface area contributed by atoms with Gasteiger partial charge in [0.15, 0.2) is 9.84 Å². The maximum absolute atomic E-state index is 13.2. The highest BCUT2D eigenvalue weighted by Gasteiger charge is 2.38. The van der Waals surface area contributed by atoms with Gasteiger partial charge in [-0.2, -0.15) is 9.40 Å². The summed E-state index contributed by atoms with van der Waals surface area (Å²) in [6.07, 6.45) is 3.48. The van der Waals surface area contributed by atoms with Gasteiger partial charge in [0.05, 0.1) is 28.6 Å². The smallest absolute Gasteiger partial charge is 0.243 e. The first-order valence-electron chi connectivity index (χ1n) is 7.96. The minimum absolute atomic E-state index is 0.0102. The van der Waals surface area contributed by atoms with E-state index in [4.69, 9.17) is 0 Å². The molecule has 0 radical (unpaired) electrons. The lowest BCUT2D eigenvalue weighted by atomic mass is 10.2. The van der Waals surface area contributed by atoms with E-state index in [0.29, 0.717) is 5.56 Å². The number of sulfonamides is 1. The topological polar surface area (TPSA) is 89.3 Å². The molecule has 1 aliphatic heterocycles. The van der Waals surface area contributed by atoms with Gasteiger partial charge in [-0.1, -0.05) is 17.7 Å². The standard InChI is InChI=1S/C16H21N3O4S2/c1-13-4-6-15(7-5-13)25(22,23)19-8-3-9-24(20,21)12-16(19)14-10-17-18(2)11-14/h4-7,10-11,16H,3,8-9,12H2,1-2H3. The lowest BCUT2D eigenvalue weighted by Gasteiger charge is -2.28. The number of hydrogen-bond acceptors (Lipinski definition) is 5. The second-order valence-corrected chi connectivity index (χ2v) is 10.5. The summed E-state index contributed by atoms with van der Waals surface area (Å²) in [6.45, 7) is 2.04. The highest BCUT2D eigenvalue weighted by molar-refractivity contribution is 7.91. The first kappa shape index (κ1) is 18.1. The van der Waals surface area contributed by atoms with Gasteiger partial charge in [-0.05, 0) is 25.5 Å². The van der Waals surface area contributed by atoms with Crippen LogP contribution in [-0.2, 0) is 26.9 Å². The monoisotopic (exact) mass is 383 g/mol. The number of hydrogen-bond donors (Lipinski definition) is 0. The van der Waals surface area contributed by atoms with Gasteiger partial charge in [0, 0.05) is 25.4 Å². The molecule has 2 heterocycles. The van der Waals surface area contributed by atoms with Crippen LogP contribution in [0, 0.1) is 6.92 Å². The molecule has 0 bridgehead atoms. The van der Waals surface area contributed by atoms with Crippen molar-refractivity contribution in [3.8, 4) is 0 Å². The molecule has 0 N–H and O–H groups in total. The molecule has 0 amide bonds. The molecule has 0 aliphatic carbocycles. The summed E-state index contributed by atoms with van der Waals surface area (Å²) >= 11 is 0. The van der Waals surface area contributed by atoms with E-state index < -0.39 is 25.9 Å². The van der Waals surface area contributed by atoms with Gasteiger partial charge in [-0.3, -0.25) is 4.68 Å². The summed E-state index contributed by atoms with van der Waals surface area (Å²) in [5.74, 6) is -0.243. The molecular formula is C16H21N3O4S2. The molecule has 1 saturated heterocycles. The predicted molar refractivity (Wildman–Crippen MR) is 94.3 cm³/mol. The second-order valence-electron chi connectivity index (χ2n) is 6.36. The first-order chi connectivity index (χ1) is 11.7. The Kier molecular flexibility index (Phi) is 4.74. The van der Waals surface area contributed by atoms with E-state index in [1.165, 1.54) is 10.5 Å². The van der Waals surface area contributed by atoms with Crippen LogP contribution in [0.15, 0.2) is 41.6 Å². The quantitative estimate of drug-likeness (QED) is 0.796. The van der Waals surface area contributed by atoms with Crippen molar-refractivity contribution in [3.05, 3.63) is 47.8 Å². The van der Waals surface area contributed by atoms with Gasteiger partial charge in [0.2, 0.25) is 10.0 Å². The Morgan fingerprint density at radius 3 is 2.48 bits per heavy atom. The highest BCUT2D eigenvalue weighted by Crippen LogP contribution is 2.31. The van der Waals surface area contributed by atoms with Crippen LogP contribution in [0.2, 0.25) is 0 Å². The fraction of sp³-hybridized carbons (Fsp3) is 0.438. The molecule has 1 aromatic heterocycles. The van der Waals surface area contributed by atoms with E-state index in [-0.39, 0.29) is 29.4 Å². The maximum atomic E-state index is 13.2. The summed E-state index contributed by atoms with van der Waals surface area (Å²) in [5.41, 5.74) is 1.55. The Morgan fingerprint density at radius 1 is 1.20 bits per heavy atom. The normalized spacial score (nSPS) is 21.8. The lowest BCUT2D eigenvalue weighted by Crippen LogP contribution is -2.36. The van der Waals surface area contributed by atoms with E-state index in [1.807, 2.05) is 6.92 Å². The molecule has 25 heavy (non-hydrogen) atoms. The minimum atomic E-state index is -3.81. The zero-order chi connectivity index (χ0) is 18.2. The molecule has 1 aliphatic rings. The third-order valence-corrected chi connectivity index (χ3v) is 7.99. The molecule has 1 unspecified atom stereocenters. The average molecular weight is 383 g/mol. The van der Waals surface area contributed by atoms with Crippen LogP contribution in [0.1, 0.15) is 23.6 Å². The SMILES string of the molecule is Cc1ccc(S(=O)(=O)N2CCCS(=O)(=O)CC2c2cnn(C)c2)cc1. The Hall–Kier alpha value is -1.71. The number of aryl methyl sites for hydroxylation is 2. The van der Waals surface area contributed by atoms with Crippen LogP contribution in [0.3, 0.4) is 0 Å². The van der Waals surface area contributed by atoms with Crippen molar-refractivity contribution < 1.29 is 16.8 Å². The van der Waals surface area contributed by atoms with Crippen molar-refractivity contribution in [2.45, 2.75) is 24.3 Å². The fourth-order valence-corrected chi connectivity index (χ4v) is 6.35. The number of rotatable bonds is 3. The number of sulfone groups is 1. The van der Waals surface area contributed by atoms with Gasteiger partial charge in [0.1, 0.15) is 0 Å². The van der Waals surface area contributed by atoms with Gasteiger partial charge in [-0.25, -0.2) is 16.8 Å². The average Bonchev–Trinajstić information content (AvgIpc) is 2.88. The van der Waals surface area contributed by atoms with E-state index in [0.717, 1.165) is 5.56 Å². The lowest BCUT2D eigenvalue weighted by molar-refractivity contribution is 0.351. The number of aromatic nitrogens is 2. The van der Waals surface area contributed by atoms with E-state index in [1.54, 1.807) is 42.2 Å². The second kappa shape index (κ2) is 6.54. The third kappa shape index (κ3) is 3.78. The van der Waals surface area contributed by atoms with Crippen LogP contribution in [-0.4, -0.2) is 49.0 Å². The molecule has 136 valence electrons. The summed E-state index contributed by atoms with van der Waals surface area (Å²) in [7, 11) is -5.43. The zero-order valence-electron chi connectivity index (χ0n) is 14.2. The fourth-order valence-electron chi connectivity index (χ4n) is 3.01. The highest BCUT2D eigenvalue weighted by atomic mass is 32.2. The molecule has 1 aromatic carbocycles. The summed E-state index contributed by atoms with van der Waals surface area (Å²) in [6, 6.07) is 5.82.